The first-order valence-electron chi connectivity index (χ1n) is 13.0. The first kappa shape index (κ1) is 23.7. The van der Waals surface area contributed by atoms with Crippen molar-refractivity contribution in [1.29, 1.82) is 0 Å². The molecule has 1 atom stereocenters. The molecule has 3 aromatic heterocycles. The van der Waals surface area contributed by atoms with E-state index < -0.39 is 0 Å². The van der Waals surface area contributed by atoms with E-state index in [9.17, 15) is 0 Å². The maximum Gasteiger partial charge on any atom is 0.137 e. The number of hydrogen-bond acceptors (Lipinski definition) is 6. The molecule has 2 fully saturated rings. The third kappa shape index (κ3) is 4.98. The molecule has 0 radical (unpaired) electrons. The monoisotopic (exact) mass is 479 g/mol. The highest BCUT2D eigenvalue weighted by atomic mass is 32.1. The van der Waals surface area contributed by atoms with Crippen molar-refractivity contribution in [3.8, 4) is 10.6 Å². The highest BCUT2D eigenvalue weighted by Crippen LogP contribution is 2.36. The third-order valence-electron chi connectivity index (χ3n) is 7.36. The van der Waals surface area contributed by atoms with Crippen LogP contribution in [0.15, 0.2) is 29.9 Å². The predicted molar refractivity (Wildman–Crippen MR) is 141 cm³/mol. The first-order chi connectivity index (χ1) is 16.8. The molecule has 3 aromatic rings. The molecule has 182 valence electrons. The molecule has 0 bridgehead atoms. The Morgan fingerprint density at radius 2 is 1.94 bits per heavy atom. The van der Waals surface area contributed by atoms with E-state index >= 15 is 0 Å². The van der Waals surface area contributed by atoms with Gasteiger partial charge in [0.25, 0.3) is 0 Å². The molecule has 6 rings (SSSR count). The van der Waals surface area contributed by atoms with Crippen molar-refractivity contribution in [3.05, 3.63) is 41.2 Å². The Labute approximate surface area is 206 Å². The number of rotatable bonds is 4. The van der Waals surface area contributed by atoms with Gasteiger partial charge in [-0.3, -0.25) is 4.90 Å². The largest absolute Gasteiger partial charge is 0.379 e. The average molecular weight is 480 g/mol. The van der Waals surface area contributed by atoms with Crippen LogP contribution >= 0.6 is 11.3 Å². The molecule has 0 amide bonds. The van der Waals surface area contributed by atoms with Crippen molar-refractivity contribution < 1.29 is 4.74 Å². The Balaban J connectivity index is 0.00000117. The number of fused-ring (bicyclic) bond motifs is 1. The summed E-state index contributed by atoms with van der Waals surface area (Å²) in [5.74, 6) is 0.590. The summed E-state index contributed by atoms with van der Waals surface area (Å²) in [4.78, 5) is 15.8. The molecule has 1 unspecified atom stereocenters. The second kappa shape index (κ2) is 11.1. The van der Waals surface area contributed by atoms with Gasteiger partial charge < -0.3 is 15.0 Å². The summed E-state index contributed by atoms with van der Waals surface area (Å²) >= 11 is 1.76. The van der Waals surface area contributed by atoms with Crippen LogP contribution < -0.4 is 5.32 Å². The van der Waals surface area contributed by atoms with E-state index in [1.165, 1.54) is 47.0 Å². The fourth-order valence-electron chi connectivity index (χ4n) is 5.43. The van der Waals surface area contributed by atoms with E-state index in [4.69, 9.17) is 14.7 Å². The Morgan fingerprint density at radius 3 is 2.71 bits per heavy atom. The summed E-state index contributed by atoms with van der Waals surface area (Å²) in [6.07, 6.45) is 12.4. The van der Waals surface area contributed by atoms with Crippen LogP contribution in [-0.4, -0.2) is 65.3 Å². The maximum absolute atomic E-state index is 5.52. The van der Waals surface area contributed by atoms with E-state index in [1.54, 1.807) is 11.3 Å². The number of aromatic nitrogens is 3. The molecule has 0 saturated carbocycles. The van der Waals surface area contributed by atoms with Gasteiger partial charge in [0.15, 0.2) is 0 Å². The fraction of sp³-hybridized carbons (Fsp3) is 0.556. The van der Waals surface area contributed by atoms with Crippen molar-refractivity contribution in [2.24, 2.45) is 0 Å². The zero-order valence-corrected chi connectivity index (χ0v) is 21.3. The lowest BCUT2D eigenvalue weighted by Gasteiger charge is -2.36. The van der Waals surface area contributed by atoms with Gasteiger partial charge in [0.2, 0.25) is 0 Å². The Hall–Kier alpha value is -2.06. The number of aromatic amines is 1. The van der Waals surface area contributed by atoms with Gasteiger partial charge in [-0.1, -0.05) is 19.9 Å². The van der Waals surface area contributed by atoms with E-state index in [0.29, 0.717) is 12.0 Å². The number of allylic oxidation sites excluding steroid dienone is 1. The van der Waals surface area contributed by atoms with E-state index in [-0.39, 0.29) is 0 Å². The average Bonchev–Trinajstić information content (AvgIpc) is 3.58. The standard InChI is InChI=1S/C25H31N5OS.C2H6/c1-3-20(30-9-11-31-12-10-30)4-2-17(1)19-13-21-22(15-28-24(21)27-14-19)25-29-23(16-32-25)18-5-7-26-8-6-18;1-2/h1,13-16,18,20,26H,2-12H2,(H,27,28);1-2H3. The molecule has 7 heteroatoms. The van der Waals surface area contributed by atoms with Crippen LogP contribution in [0.1, 0.15) is 63.1 Å². The van der Waals surface area contributed by atoms with Gasteiger partial charge in [0.05, 0.1) is 18.9 Å². The number of ether oxygens (including phenoxy) is 1. The minimum Gasteiger partial charge on any atom is -0.379 e. The highest BCUT2D eigenvalue weighted by Gasteiger charge is 2.24. The van der Waals surface area contributed by atoms with Crippen molar-refractivity contribution >= 4 is 27.9 Å². The van der Waals surface area contributed by atoms with Crippen molar-refractivity contribution in [3.63, 3.8) is 0 Å². The zero-order valence-electron chi connectivity index (χ0n) is 20.5. The smallest absolute Gasteiger partial charge is 0.137 e. The van der Waals surface area contributed by atoms with Crippen molar-refractivity contribution in [2.45, 2.75) is 57.9 Å². The third-order valence-corrected chi connectivity index (χ3v) is 8.25. The van der Waals surface area contributed by atoms with Crippen LogP contribution in [0.2, 0.25) is 0 Å². The summed E-state index contributed by atoms with van der Waals surface area (Å²) in [7, 11) is 0. The number of nitrogens with zero attached hydrogens (tertiary/aromatic N) is 3. The Morgan fingerprint density at radius 1 is 1.12 bits per heavy atom. The molecule has 5 heterocycles. The molecule has 6 nitrogen and oxygen atoms in total. The van der Waals surface area contributed by atoms with Crippen LogP contribution in [0.4, 0.5) is 0 Å². The van der Waals surface area contributed by atoms with Crippen LogP contribution in [0.3, 0.4) is 0 Å². The van der Waals surface area contributed by atoms with Gasteiger partial charge in [-0.25, -0.2) is 9.97 Å². The summed E-state index contributed by atoms with van der Waals surface area (Å²) in [5, 5.41) is 8.00. The van der Waals surface area contributed by atoms with E-state index in [2.05, 4.69) is 38.9 Å². The van der Waals surface area contributed by atoms with Gasteiger partial charge in [-0.15, -0.1) is 11.3 Å². The number of H-pyrrole nitrogens is 1. The molecule has 2 saturated heterocycles. The quantitative estimate of drug-likeness (QED) is 0.521. The van der Waals surface area contributed by atoms with Gasteiger partial charge in [0.1, 0.15) is 10.7 Å². The molecular formula is C27H37N5OS. The molecule has 2 N–H and O–H groups in total. The molecule has 3 aliphatic rings. The van der Waals surface area contributed by atoms with E-state index in [1.807, 2.05) is 20.0 Å². The topological polar surface area (TPSA) is 66.1 Å². The number of hydrogen-bond donors (Lipinski definition) is 2. The number of piperidine rings is 1. The summed E-state index contributed by atoms with van der Waals surface area (Å²) in [6, 6.07) is 2.98. The molecule has 0 spiro atoms. The predicted octanol–water partition coefficient (Wildman–Crippen LogP) is 5.45. The second-order valence-corrected chi connectivity index (χ2v) is 10.1. The highest BCUT2D eigenvalue weighted by molar-refractivity contribution is 7.13. The van der Waals surface area contributed by atoms with E-state index in [0.717, 1.165) is 62.9 Å². The van der Waals surface area contributed by atoms with Crippen LogP contribution in [0.25, 0.3) is 27.2 Å². The SMILES string of the molecule is C1=C(c2cnc3[nH]cc(-c4nc(C5CCNCC5)cs4)c3c2)CCC(N2CCOCC2)C1.CC. The normalized spacial score (nSPS) is 22.3. The van der Waals surface area contributed by atoms with Gasteiger partial charge in [-0.2, -0.15) is 0 Å². The lowest BCUT2D eigenvalue weighted by atomic mass is 9.90. The summed E-state index contributed by atoms with van der Waals surface area (Å²) < 4.78 is 5.52. The summed E-state index contributed by atoms with van der Waals surface area (Å²) in [5.41, 5.74) is 6.08. The number of morpholine rings is 1. The van der Waals surface area contributed by atoms with Crippen molar-refractivity contribution in [2.75, 3.05) is 39.4 Å². The summed E-state index contributed by atoms with van der Waals surface area (Å²) in [6.45, 7) is 10.1. The number of pyridine rings is 1. The van der Waals surface area contributed by atoms with Crippen molar-refractivity contribution in [1.82, 2.24) is 25.2 Å². The van der Waals surface area contributed by atoms with Crippen LogP contribution in [0.5, 0.6) is 0 Å². The van der Waals surface area contributed by atoms with Gasteiger partial charge in [-0.05, 0) is 62.4 Å². The van der Waals surface area contributed by atoms with Crippen LogP contribution in [0, 0.1) is 0 Å². The molecule has 1 aliphatic carbocycles. The lowest BCUT2D eigenvalue weighted by molar-refractivity contribution is 0.0150. The molecule has 0 aromatic carbocycles. The second-order valence-electron chi connectivity index (χ2n) is 9.23. The van der Waals surface area contributed by atoms with Gasteiger partial charge >= 0.3 is 0 Å². The van der Waals surface area contributed by atoms with Gasteiger partial charge in [0, 0.05) is 53.8 Å². The first-order valence-corrected chi connectivity index (χ1v) is 13.9. The Bertz CT molecular complexity index is 1110. The molecule has 2 aliphatic heterocycles. The number of thiazole rings is 1. The number of nitrogens with one attached hydrogen (secondary N) is 2. The molecular weight excluding hydrogens is 442 g/mol. The Kier molecular flexibility index (Phi) is 7.74. The zero-order chi connectivity index (χ0) is 23.3. The minimum atomic E-state index is 0.590. The molecule has 34 heavy (non-hydrogen) atoms. The lowest BCUT2D eigenvalue weighted by Crippen LogP contribution is -2.43. The maximum atomic E-state index is 5.52. The minimum absolute atomic E-state index is 0.590. The van der Waals surface area contributed by atoms with Crippen LogP contribution in [-0.2, 0) is 4.74 Å². The fourth-order valence-corrected chi connectivity index (χ4v) is 6.36.